The summed E-state index contributed by atoms with van der Waals surface area (Å²) in [5.74, 6) is 0.472. The molecule has 2 heterocycles. The Morgan fingerprint density at radius 1 is 1.19 bits per heavy atom. The lowest BCUT2D eigenvalue weighted by Crippen LogP contribution is -2.41. The molecule has 2 aromatic carbocycles. The lowest BCUT2D eigenvalue weighted by Gasteiger charge is -2.22. The fourth-order valence-electron chi connectivity index (χ4n) is 4.34. The number of amides is 2. The average molecular weight is 442 g/mol. The van der Waals surface area contributed by atoms with Gasteiger partial charge in [0.15, 0.2) is 0 Å². The highest BCUT2D eigenvalue weighted by atomic mass is 35.5. The number of ether oxygens (including phenoxy) is 1. The molecule has 6 nitrogen and oxygen atoms in total. The molecule has 2 unspecified atom stereocenters. The molecule has 4 rings (SSSR count). The van der Waals surface area contributed by atoms with Gasteiger partial charge < -0.3 is 19.9 Å². The minimum absolute atomic E-state index is 0.0373. The van der Waals surface area contributed by atoms with Crippen LogP contribution in [0, 0.1) is 12.8 Å². The summed E-state index contributed by atoms with van der Waals surface area (Å²) < 4.78 is 5.46. The van der Waals surface area contributed by atoms with Crippen LogP contribution in [0.25, 0.3) is 0 Å². The van der Waals surface area contributed by atoms with Gasteiger partial charge in [0, 0.05) is 43.7 Å². The van der Waals surface area contributed by atoms with Crippen molar-refractivity contribution in [1.82, 2.24) is 10.2 Å². The minimum Gasteiger partial charge on any atom is -0.495 e. The normalized spacial score (nSPS) is 20.9. The van der Waals surface area contributed by atoms with E-state index < -0.39 is 0 Å². The molecular formula is C24H28ClN3O3. The second-order valence-corrected chi connectivity index (χ2v) is 8.85. The van der Waals surface area contributed by atoms with E-state index in [1.165, 1.54) is 5.56 Å². The fraction of sp³-hybridized carbons (Fsp3) is 0.417. The molecule has 2 fully saturated rings. The van der Waals surface area contributed by atoms with E-state index in [1.807, 2.05) is 43.3 Å². The van der Waals surface area contributed by atoms with Gasteiger partial charge in [0.2, 0.25) is 11.8 Å². The van der Waals surface area contributed by atoms with Gasteiger partial charge in [-0.25, -0.2) is 0 Å². The molecular weight excluding hydrogens is 414 g/mol. The number of rotatable bonds is 6. The van der Waals surface area contributed by atoms with Crippen LogP contribution in [0.1, 0.15) is 24.0 Å². The largest absolute Gasteiger partial charge is 0.495 e. The third-order valence-electron chi connectivity index (χ3n) is 6.10. The number of halogens is 1. The number of aryl methyl sites for hydroxylation is 1. The van der Waals surface area contributed by atoms with E-state index in [4.69, 9.17) is 16.3 Å². The van der Waals surface area contributed by atoms with Crippen LogP contribution in [0.3, 0.4) is 0 Å². The Bertz CT molecular complexity index is 963. The summed E-state index contributed by atoms with van der Waals surface area (Å²) in [6, 6.07) is 13.7. The summed E-state index contributed by atoms with van der Waals surface area (Å²) in [4.78, 5) is 29.3. The number of benzene rings is 2. The Morgan fingerprint density at radius 3 is 2.71 bits per heavy atom. The van der Waals surface area contributed by atoms with Crippen molar-refractivity contribution >= 4 is 29.1 Å². The first kappa shape index (κ1) is 21.5. The van der Waals surface area contributed by atoms with Crippen LogP contribution in [-0.2, 0) is 16.1 Å². The van der Waals surface area contributed by atoms with E-state index in [1.54, 1.807) is 18.1 Å². The van der Waals surface area contributed by atoms with E-state index in [0.717, 1.165) is 30.0 Å². The number of methoxy groups -OCH3 is 1. The number of carbonyl (C=O) groups is 2. The lowest BCUT2D eigenvalue weighted by molar-refractivity contribution is -0.129. The van der Waals surface area contributed by atoms with Crippen molar-refractivity contribution in [3.8, 4) is 5.75 Å². The van der Waals surface area contributed by atoms with Crippen LogP contribution in [0.15, 0.2) is 42.5 Å². The van der Waals surface area contributed by atoms with E-state index in [0.29, 0.717) is 24.7 Å². The lowest BCUT2D eigenvalue weighted by atomic mass is 10.1. The predicted molar refractivity (Wildman–Crippen MR) is 121 cm³/mol. The highest BCUT2D eigenvalue weighted by molar-refractivity contribution is 6.30. The SMILES string of the molecule is COc1ccc(Cl)cc1N1CCC(NC(=O)C2CC(=O)N(Cc3ccc(C)cc3)C2)C1. The van der Waals surface area contributed by atoms with Gasteiger partial charge in [-0.05, 0) is 37.1 Å². The Balaban J connectivity index is 1.32. The number of likely N-dealkylation sites (tertiary alicyclic amines) is 1. The molecule has 0 aliphatic carbocycles. The number of carbonyl (C=O) groups excluding carboxylic acids is 2. The second-order valence-electron chi connectivity index (χ2n) is 8.42. The zero-order chi connectivity index (χ0) is 22.0. The van der Waals surface area contributed by atoms with Crippen molar-refractivity contribution in [3.05, 3.63) is 58.6 Å². The van der Waals surface area contributed by atoms with Gasteiger partial charge in [0.1, 0.15) is 5.75 Å². The van der Waals surface area contributed by atoms with E-state index in [9.17, 15) is 9.59 Å². The fourth-order valence-corrected chi connectivity index (χ4v) is 4.51. The molecule has 2 atom stereocenters. The van der Waals surface area contributed by atoms with Gasteiger partial charge in [-0.1, -0.05) is 41.4 Å². The summed E-state index contributed by atoms with van der Waals surface area (Å²) in [6.07, 6.45) is 1.12. The first-order valence-corrected chi connectivity index (χ1v) is 11.0. The monoisotopic (exact) mass is 441 g/mol. The van der Waals surface area contributed by atoms with E-state index in [-0.39, 0.29) is 30.2 Å². The third-order valence-corrected chi connectivity index (χ3v) is 6.33. The smallest absolute Gasteiger partial charge is 0.225 e. The molecule has 0 bridgehead atoms. The van der Waals surface area contributed by atoms with Crippen molar-refractivity contribution in [2.24, 2.45) is 5.92 Å². The third kappa shape index (κ3) is 4.96. The molecule has 7 heteroatoms. The van der Waals surface area contributed by atoms with Crippen molar-refractivity contribution < 1.29 is 14.3 Å². The van der Waals surface area contributed by atoms with Crippen LogP contribution in [-0.4, -0.2) is 49.5 Å². The molecule has 0 radical (unpaired) electrons. The number of nitrogens with zero attached hydrogens (tertiary/aromatic N) is 2. The molecule has 2 aliphatic heterocycles. The number of hydrogen-bond acceptors (Lipinski definition) is 4. The first-order chi connectivity index (χ1) is 14.9. The average Bonchev–Trinajstić information content (AvgIpc) is 3.36. The summed E-state index contributed by atoms with van der Waals surface area (Å²) in [7, 11) is 1.64. The molecule has 0 saturated carbocycles. The molecule has 0 spiro atoms. The second kappa shape index (κ2) is 9.18. The Labute approximate surface area is 188 Å². The van der Waals surface area contributed by atoms with Crippen LogP contribution < -0.4 is 15.0 Å². The Hall–Kier alpha value is -2.73. The van der Waals surface area contributed by atoms with E-state index in [2.05, 4.69) is 10.2 Å². The summed E-state index contributed by atoms with van der Waals surface area (Å²) in [5, 5.41) is 3.81. The molecule has 2 saturated heterocycles. The Morgan fingerprint density at radius 2 is 1.97 bits per heavy atom. The van der Waals surface area contributed by atoms with Crippen LogP contribution in [0.2, 0.25) is 5.02 Å². The van der Waals surface area contributed by atoms with E-state index >= 15 is 0 Å². The number of hydrogen-bond donors (Lipinski definition) is 1. The van der Waals surface area contributed by atoms with Gasteiger partial charge in [-0.2, -0.15) is 0 Å². The van der Waals surface area contributed by atoms with Crippen molar-refractivity contribution in [2.45, 2.75) is 32.4 Å². The van der Waals surface area contributed by atoms with Gasteiger partial charge in [-0.15, -0.1) is 0 Å². The number of anilines is 1. The van der Waals surface area contributed by atoms with Gasteiger partial charge in [0.25, 0.3) is 0 Å². The molecule has 1 N–H and O–H groups in total. The van der Waals surface area contributed by atoms with Crippen molar-refractivity contribution in [2.75, 3.05) is 31.6 Å². The molecule has 31 heavy (non-hydrogen) atoms. The number of nitrogens with one attached hydrogen (secondary N) is 1. The van der Waals surface area contributed by atoms with Gasteiger partial charge >= 0.3 is 0 Å². The van der Waals surface area contributed by atoms with Gasteiger partial charge in [0.05, 0.1) is 18.7 Å². The molecule has 0 aromatic heterocycles. The van der Waals surface area contributed by atoms with Crippen LogP contribution >= 0.6 is 11.6 Å². The topological polar surface area (TPSA) is 61.9 Å². The first-order valence-electron chi connectivity index (χ1n) is 10.6. The molecule has 2 aromatic rings. The Kier molecular flexibility index (Phi) is 6.37. The molecule has 2 aliphatic rings. The summed E-state index contributed by atoms with van der Waals surface area (Å²) in [5.41, 5.74) is 3.21. The van der Waals surface area contributed by atoms with Crippen molar-refractivity contribution in [3.63, 3.8) is 0 Å². The minimum atomic E-state index is -0.298. The quantitative estimate of drug-likeness (QED) is 0.746. The van der Waals surface area contributed by atoms with Crippen LogP contribution in [0.5, 0.6) is 5.75 Å². The maximum Gasteiger partial charge on any atom is 0.225 e. The highest BCUT2D eigenvalue weighted by Crippen LogP contribution is 2.33. The van der Waals surface area contributed by atoms with Crippen molar-refractivity contribution in [1.29, 1.82) is 0 Å². The maximum absolute atomic E-state index is 12.9. The zero-order valence-electron chi connectivity index (χ0n) is 17.9. The standard InChI is InChI=1S/C24H28ClN3O3/c1-16-3-5-17(6-4-16)13-28-14-18(11-23(28)29)24(30)26-20-9-10-27(15-20)21-12-19(25)7-8-22(21)31-2/h3-8,12,18,20H,9-11,13-15H2,1-2H3,(H,26,30). The molecule has 2 amide bonds. The molecule has 164 valence electrons. The maximum atomic E-state index is 12.9. The summed E-state index contributed by atoms with van der Waals surface area (Å²) >= 11 is 6.16. The summed E-state index contributed by atoms with van der Waals surface area (Å²) in [6.45, 7) is 4.56. The van der Waals surface area contributed by atoms with Gasteiger partial charge in [-0.3, -0.25) is 9.59 Å². The highest BCUT2D eigenvalue weighted by Gasteiger charge is 2.36. The van der Waals surface area contributed by atoms with Crippen LogP contribution in [0.4, 0.5) is 5.69 Å². The predicted octanol–water partition coefficient (Wildman–Crippen LogP) is 3.40. The zero-order valence-corrected chi connectivity index (χ0v) is 18.7.